The number of rotatable bonds is 7. The van der Waals surface area contributed by atoms with Crippen molar-refractivity contribution in [3.8, 4) is 17.2 Å². The number of carbonyl (C=O) groups is 1. The van der Waals surface area contributed by atoms with Crippen molar-refractivity contribution >= 4 is 17.5 Å². The van der Waals surface area contributed by atoms with Crippen molar-refractivity contribution in [3.05, 3.63) is 49.9 Å². The second-order valence-electron chi connectivity index (χ2n) is 10.5. The average molecular weight is 546 g/mol. The van der Waals surface area contributed by atoms with Crippen LogP contribution in [0.4, 0.5) is 0 Å². The smallest absolute Gasteiger partial charge is 0.256 e. The summed E-state index contributed by atoms with van der Waals surface area (Å²) in [4.78, 5) is 30.9. The Morgan fingerprint density at radius 3 is 2.58 bits per heavy atom. The lowest BCUT2D eigenvalue weighted by Crippen LogP contribution is -2.57. The van der Waals surface area contributed by atoms with Gasteiger partial charge in [-0.15, -0.1) is 0 Å². The molecule has 0 unspecified atom stereocenters. The summed E-state index contributed by atoms with van der Waals surface area (Å²) in [6, 6.07) is 3.93. The molecule has 1 aliphatic carbocycles. The number of likely N-dealkylation sites (tertiary alicyclic amines) is 1. The lowest BCUT2D eigenvalue weighted by atomic mass is 9.81. The third-order valence-electron chi connectivity index (χ3n) is 8.21. The van der Waals surface area contributed by atoms with Gasteiger partial charge in [0.15, 0.2) is 11.5 Å². The van der Waals surface area contributed by atoms with Crippen LogP contribution in [0.25, 0.3) is 0 Å². The molecule has 0 spiro atoms. The summed E-state index contributed by atoms with van der Waals surface area (Å²) in [5.74, 6) is 1.46. The summed E-state index contributed by atoms with van der Waals surface area (Å²) in [7, 11) is 3.28. The van der Waals surface area contributed by atoms with Crippen molar-refractivity contribution < 1.29 is 23.7 Å². The minimum absolute atomic E-state index is 0.0110. The van der Waals surface area contributed by atoms with Gasteiger partial charge in [0.2, 0.25) is 0 Å². The van der Waals surface area contributed by atoms with Crippen LogP contribution in [0.15, 0.2) is 16.9 Å². The standard InChI is InChI=1S/C28H36ClN3O6/c1-15-9-23(36-4)21(28(34)31-15)11-30-27(33)20-10-22(29)26-25(16(20)2)38-24(14-37-26)17-5-7-18(8-6-17)32-12-19(13-32)35-3/h9-10,17-19,24H,5-8,11-14H2,1-4H3,(H,30,33)(H,31,34)/t17-,18+,24-/m1/s1. The van der Waals surface area contributed by atoms with Gasteiger partial charge in [0.1, 0.15) is 18.5 Å². The van der Waals surface area contributed by atoms with Gasteiger partial charge in [-0.25, -0.2) is 0 Å². The normalized spacial score (nSPS) is 23.6. The molecule has 38 heavy (non-hydrogen) atoms. The number of aryl methyl sites for hydroxylation is 1. The maximum atomic E-state index is 13.2. The van der Waals surface area contributed by atoms with Crippen molar-refractivity contribution in [2.24, 2.45) is 5.92 Å². The number of hydrogen-bond donors (Lipinski definition) is 2. The number of pyridine rings is 1. The number of H-pyrrole nitrogens is 1. The van der Waals surface area contributed by atoms with Crippen LogP contribution >= 0.6 is 11.6 Å². The summed E-state index contributed by atoms with van der Waals surface area (Å²) in [5.41, 5.74) is 1.77. The Morgan fingerprint density at radius 2 is 1.89 bits per heavy atom. The highest BCUT2D eigenvalue weighted by Crippen LogP contribution is 2.45. The zero-order valence-corrected chi connectivity index (χ0v) is 23.2. The number of hydrogen-bond acceptors (Lipinski definition) is 7. The Labute approximate surface area is 227 Å². The molecule has 5 rings (SSSR count). The molecule has 1 saturated carbocycles. The first-order valence-electron chi connectivity index (χ1n) is 13.2. The molecule has 206 valence electrons. The Kier molecular flexibility index (Phi) is 7.88. The molecule has 0 bridgehead atoms. The zero-order valence-electron chi connectivity index (χ0n) is 22.4. The molecule has 10 heteroatoms. The van der Waals surface area contributed by atoms with E-state index >= 15 is 0 Å². The summed E-state index contributed by atoms with van der Waals surface area (Å²) in [6.07, 6.45) is 4.70. The van der Waals surface area contributed by atoms with E-state index in [0.717, 1.165) is 38.8 Å². The van der Waals surface area contributed by atoms with Gasteiger partial charge in [0.05, 0.1) is 30.3 Å². The predicted octanol–water partition coefficient (Wildman–Crippen LogP) is 3.61. The zero-order chi connectivity index (χ0) is 27.0. The largest absolute Gasteiger partial charge is 0.496 e. The molecule has 0 radical (unpaired) electrons. The molecule has 1 saturated heterocycles. The van der Waals surface area contributed by atoms with E-state index in [0.29, 0.717) is 69.3 Å². The van der Waals surface area contributed by atoms with Crippen molar-refractivity contribution in [3.63, 3.8) is 0 Å². The molecule has 1 amide bonds. The van der Waals surface area contributed by atoms with Gasteiger partial charge in [-0.2, -0.15) is 0 Å². The van der Waals surface area contributed by atoms with Gasteiger partial charge in [0, 0.05) is 43.1 Å². The number of halogens is 1. The summed E-state index contributed by atoms with van der Waals surface area (Å²) in [6.45, 7) is 6.11. The minimum atomic E-state index is -0.357. The fourth-order valence-corrected chi connectivity index (χ4v) is 6.10. The first kappa shape index (κ1) is 26.8. The van der Waals surface area contributed by atoms with E-state index in [4.69, 9.17) is 30.5 Å². The summed E-state index contributed by atoms with van der Waals surface area (Å²) >= 11 is 6.53. The van der Waals surface area contributed by atoms with E-state index in [2.05, 4.69) is 15.2 Å². The number of methoxy groups -OCH3 is 2. The second kappa shape index (κ2) is 11.2. The first-order valence-corrected chi connectivity index (χ1v) is 13.6. The molecule has 1 atom stereocenters. The maximum absolute atomic E-state index is 13.2. The molecule has 2 fully saturated rings. The monoisotopic (exact) mass is 545 g/mol. The second-order valence-corrected chi connectivity index (χ2v) is 11.0. The van der Waals surface area contributed by atoms with Crippen LogP contribution in [0.5, 0.6) is 17.2 Å². The van der Waals surface area contributed by atoms with Crippen LogP contribution in [-0.4, -0.2) is 68.0 Å². The molecular formula is C28H36ClN3O6. The number of benzene rings is 1. The van der Waals surface area contributed by atoms with E-state index in [9.17, 15) is 9.59 Å². The highest BCUT2D eigenvalue weighted by atomic mass is 35.5. The molecule has 2 aliphatic heterocycles. The molecule has 2 N–H and O–H groups in total. The molecule has 1 aromatic carbocycles. The van der Waals surface area contributed by atoms with Crippen LogP contribution in [0.3, 0.4) is 0 Å². The van der Waals surface area contributed by atoms with E-state index in [1.165, 1.54) is 7.11 Å². The van der Waals surface area contributed by atoms with Crippen LogP contribution in [0.2, 0.25) is 5.02 Å². The van der Waals surface area contributed by atoms with E-state index < -0.39 is 0 Å². The average Bonchev–Trinajstić information content (AvgIpc) is 2.89. The fourth-order valence-electron chi connectivity index (χ4n) is 5.85. The quantitative estimate of drug-likeness (QED) is 0.548. The lowest BCUT2D eigenvalue weighted by Gasteiger charge is -2.46. The fraction of sp³-hybridized carbons (Fsp3) is 0.571. The van der Waals surface area contributed by atoms with Crippen LogP contribution < -0.4 is 25.1 Å². The van der Waals surface area contributed by atoms with Crippen molar-refractivity contribution in [2.75, 3.05) is 33.9 Å². The molecule has 3 heterocycles. The molecule has 9 nitrogen and oxygen atoms in total. The third-order valence-corrected chi connectivity index (χ3v) is 8.49. The van der Waals surface area contributed by atoms with Gasteiger partial charge in [-0.3, -0.25) is 14.5 Å². The third kappa shape index (κ3) is 5.24. The van der Waals surface area contributed by atoms with Crippen LogP contribution in [0.1, 0.15) is 52.9 Å². The van der Waals surface area contributed by atoms with Gasteiger partial charge >= 0.3 is 0 Å². The number of amides is 1. The summed E-state index contributed by atoms with van der Waals surface area (Å²) in [5, 5.41) is 3.15. The minimum Gasteiger partial charge on any atom is -0.496 e. The lowest BCUT2D eigenvalue weighted by molar-refractivity contribution is -0.0649. The number of nitrogens with zero attached hydrogens (tertiary/aromatic N) is 1. The Balaban J connectivity index is 1.26. The Hall–Kier alpha value is -2.75. The van der Waals surface area contributed by atoms with Crippen molar-refractivity contribution in [1.82, 2.24) is 15.2 Å². The highest BCUT2D eigenvalue weighted by Gasteiger charge is 2.38. The van der Waals surface area contributed by atoms with Gasteiger partial charge in [-0.1, -0.05) is 11.6 Å². The van der Waals surface area contributed by atoms with E-state index in [1.54, 1.807) is 26.2 Å². The molecular weight excluding hydrogens is 510 g/mol. The van der Waals surface area contributed by atoms with E-state index in [-0.39, 0.29) is 24.1 Å². The topological polar surface area (TPSA) is 102 Å². The number of carbonyl (C=O) groups excluding carboxylic acids is 1. The number of aromatic nitrogens is 1. The molecule has 3 aliphatic rings. The summed E-state index contributed by atoms with van der Waals surface area (Å²) < 4.78 is 23.3. The SMILES string of the molecule is COc1cc(C)[nH]c(=O)c1CNC(=O)c1cc(Cl)c2c(c1C)O[C@@H]([C@H]1CC[C@@H](N3CC(OC)C3)CC1)CO2. The van der Waals surface area contributed by atoms with Gasteiger partial charge < -0.3 is 29.2 Å². The number of ether oxygens (including phenoxy) is 4. The van der Waals surface area contributed by atoms with Gasteiger partial charge in [0.25, 0.3) is 11.5 Å². The van der Waals surface area contributed by atoms with Crippen molar-refractivity contribution in [2.45, 2.75) is 64.3 Å². The van der Waals surface area contributed by atoms with E-state index in [1.807, 2.05) is 6.92 Å². The van der Waals surface area contributed by atoms with Crippen LogP contribution in [-0.2, 0) is 11.3 Å². The predicted molar refractivity (Wildman–Crippen MR) is 144 cm³/mol. The first-order chi connectivity index (χ1) is 18.3. The highest BCUT2D eigenvalue weighted by molar-refractivity contribution is 6.32. The number of nitrogens with one attached hydrogen (secondary N) is 2. The Morgan fingerprint density at radius 1 is 1.16 bits per heavy atom. The van der Waals surface area contributed by atoms with Crippen LogP contribution in [0, 0.1) is 19.8 Å². The maximum Gasteiger partial charge on any atom is 0.256 e. The number of aromatic amines is 1. The molecule has 2 aromatic rings. The number of fused-ring (bicyclic) bond motifs is 1. The molecule has 1 aromatic heterocycles. The Bertz CT molecular complexity index is 1250. The van der Waals surface area contributed by atoms with Gasteiger partial charge in [-0.05, 0) is 57.6 Å². The van der Waals surface area contributed by atoms with Crippen molar-refractivity contribution in [1.29, 1.82) is 0 Å².